The van der Waals surface area contributed by atoms with Crippen LogP contribution < -0.4 is 0 Å². The Morgan fingerprint density at radius 3 is 3.15 bits per heavy atom. The number of aromatic nitrogens is 4. The van der Waals surface area contributed by atoms with E-state index in [2.05, 4.69) is 26.5 Å². The molecule has 2 aromatic rings. The van der Waals surface area contributed by atoms with Crippen molar-refractivity contribution in [3.05, 3.63) is 31.0 Å². The van der Waals surface area contributed by atoms with Crippen LogP contribution in [0.1, 0.15) is 11.9 Å². The molecule has 0 amide bonds. The molecule has 0 aliphatic rings. The van der Waals surface area contributed by atoms with Gasteiger partial charge in [0, 0.05) is 0 Å². The van der Waals surface area contributed by atoms with Crippen molar-refractivity contribution in [1.29, 1.82) is 0 Å². The van der Waals surface area contributed by atoms with Crippen molar-refractivity contribution in [3.63, 3.8) is 0 Å². The van der Waals surface area contributed by atoms with Crippen LogP contribution in [-0.4, -0.2) is 25.0 Å². The highest BCUT2D eigenvalue weighted by Gasteiger charge is 2.08. The number of fused-ring (bicyclic) bond motifs is 1. The van der Waals surface area contributed by atoms with Crippen LogP contribution in [0.4, 0.5) is 0 Å². The number of nitrogens with zero attached hydrogens (tertiary/aromatic N) is 3. The van der Waals surface area contributed by atoms with Crippen LogP contribution in [0.15, 0.2) is 25.2 Å². The van der Waals surface area contributed by atoms with Crippen molar-refractivity contribution in [1.82, 2.24) is 19.9 Å². The van der Waals surface area contributed by atoms with Gasteiger partial charge in [-0.1, -0.05) is 6.08 Å². The van der Waals surface area contributed by atoms with E-state index in [-0.39, 0.29) is 0 Å². The molecule has 0 aliphatic carbocycles. The molecule has 0 aromatic carbocycles. The van der Waals surface area contributed by atoms with Gasteiger partial charge in [-0.05, 0) is 0 Å². The molecule has 5 nitrogen and oxygen atoms in total. The van der Waals surface area contributed by atoms with Gasteiger partial charge in [0.1, 0.15) is 23.8 Å². The fourth-order valence-electron chi connectivity index (χ4n) is 1.03. The Labute approximate surface area is 74.2 Å². The number of hydrogen-bond donors (Lipinski definition) is 2. The molecule has 1 atom stereocenters. The molecule has 5 heteroatoms. The summed E-state index contributed by atoms with van der Waals surface area (Å²) in [5.41, 5.74) is 1.25. The lowest BCUT2D eigenvalue weighted by atomic mass is 10.3. The van der Waals surface area contributed by atoms with E-state index in [0.717, 1.165) is 0 Å². The van der Waals surface area contributed by atoms with Crippen molar-refractivity contribution in [2.75, 3.05) is 0 Å². The molecular weight excluding hydrogens is 168 g/mol. The first-order valence-electron chi connectivity index (χ1n) is 3.77. The highest BCUT2D eigenvalue weighted by atomic mass is 16.3. The number of H-pyrrole nitrogens is 1. The number of aliphatic hydroxyl groups is 1. The Morgan fingerprint density at radius 1 is 1.62 bits per heavy atom. The minimum atomic E-state index is -0.783. The molecule has 0 bridgehead atoms. The van der Waals surface area contributed by atoms with Crippen LogP contribution in [0, 0.1) is 0 Å². The van der Waals surface area contributed by atoms with Crippen molar-refractivity contribution in [2.24, 2.45) is 0 Å². The predicted molar refractivity (Wildman–Crippen MR) is 46.8 cm³/mol. The monoisotopic (exact) mass is 176 g/mol. The minimum absolute atomic E-state index is 0.436. The average molecular weight is 176 g/mol. The van der Waals surface area contributed by atoms with E-state index in [4.69, 9.17) is 0 Å². The quantitative estimate of drug-likeness (QED) is 0.656. The Hall–Kier alpha value is -1.75. The summed E-state index contributed by atoms with van der Waals surface area (Å²) in [7, 11) is 0. The number of aromatic amines is 1. The maximum absolute atomic E-state index is 9.37. The molecule has 2 heterocycles. The minimum Gasteiger partial charge on any atom is -0.381 e. The Morgan fingerprint density at radius 2 is 2.46 bits per heavy atom. The van der Waals surface area contributed by atoms with Crippen molar-refractivity contribution < 1.29 is 5.11 Å². The van der Waals surface area contributed by atoms with Gasteiger partial charge in [0.25, 0.3) is 0 Å². The van der Waals surface area contributed by atoms with E-state index in [0.29, 0.717) is 17.0 Å². The van der Waals surface area contributed by atoms with Gasteiger partial charge in [-0.2, -0.15) is 0 Å². The first kappa shape index (κ1) is 7.88. The maximum atomic E-state index is 9.37. The number of imidazole rings is 1. The number of hydrogen-bond acceptors (Lipinski definition) is 4. The molecule has 2 aromatic heterocycles. The standard InChI is InChI=1S/C8H8N4O/c1-2-6(13)8-11-5-3-9-4-10-7(5)12-8/h2-4,6,13H,1H2,(H,9,10,11,12). The van der Waals surface area contributed by atoms with E-state index >= 15 is 0 Å². The molecule has 0 aliphatic heterocycles. The first-order valence-corrected chi connectivity index (χ1v) is 3.77. The largest absolute Gasteiger partial charge is 0.381 e. The van der Waals surface area contributed by atoms with Gasteiger partial charge in [0.2, 0.25) is 0 Å². The molecule has 0 spiro atoms. The molecule has 1 unspecified atom stereocenters. The second kappa shape index (κ2) is 2.95. The smallest absolute Gasteiger partial charge is 0.180 e. The molecule has 0 saturated carbocycles. The molecule has 2 rings (SSSR count). The third-order valence-corrected chi connectivity index (χ3v) is 1.68. The van der Waals surface area contributed by atoms with Gasteiger partial charge < -0.3 is 10.1 Å². The Bertz CT molecular complexity index is 403. The lowest BCUT2D eigenvalue weighted by molar-refractivity contribution is 0.220. The third-order valence-electron chi connectivity index (χ3n) is 1.68. The fraction of sp³-hybridized carbons (Fsp3) is 0.125. The van der Waals surface area contributed by atoms with Crippen molar-refractivity contribution >= 4 is 11.2 Å². The molecule has 0 saturated heterocycles. The van der Waals surface area contributed by atoms with Gasteiger partial charge >= 0.3 is 0 Å². The number of nitrogens with one attached hydrogen (secondary N) is 1. The second-order valence-electron chi connectivity index (χ2n) is 2.56. The molecule has 2 N–H and O–H groups in total. The van der Waals surface area contributed by atoms with Gasteiger partial charge in [-0.3, -0.25) is 0 Å². The predicted octanol–water partition coefficient (Wildman–Crippen LogP) is 0.572. The normalized spacial score (nSPS) is 13.0. The lowest BCUT2D eigenvalue weighted by Gasteiger charge is -1.96. The van der Waals surface area contributed by atoms with E-state index in [9.17, 15) is 5.11 Å². The van der Waals surface area contributed by atoms with E-state index < -0.39 is 6.10 Å². The highest BCUT2D eigenvalue weighted by molar-refractivity contribution is 5.68. The van der Waals surface area contributed by atoms with Gasteiger partial charge in [-0.25, -0.2) is 15.0 Å². The summed E-state index contributed by atoms with van der Waals surface area (Å²) in [5, 5.41) is 9.37. The first-order chi connectivity index (χ1) is 6.31. The van der Waals surface area contributed by atoms with Gasteiger partial charge in [0.15, 0.2) is 5.65 Å². The van der Waals surface area contributed by atoms with Crippen LogP contribution in [-0.2, 0) is 0 Å². The van der Waals surface area contributed by atoms with Crippen LogP contribution in [0.2, 0.25) is 0 Å². The van der Waals surface area contributed by atoms with E-state index in [1.165, 1.54) is 12.4 Å². The fourth-order valence-corrected chi connectivity index (χ4v) is 1.03. The topological polar surface area (TPSA) is 74.7 Å². The zero-order valence-electron chi connectivity index (χ0n) is 6.81. The molecule has 0 radical (unpaired) electrons. The van der Waals surface area contributed by atoms with Crippen molar-refractivity contribution in [2.45, 2.75) is 6.10 Å². The van der Waals surface area contributed by atoms with E-state index in [1.807, 2.05) is 0 Å². The van der Waals surface area contributed by atoms with Gasteiger partial charge in [-0.15, -0.1) is 6.58 Å². The zero-order valence-corrected chi connectivity index (χ0v) is 6.81. The molecule has 0 fully saturated rings. The summed E-state index contributed by atoms with van der Waals surface area (Å²) < 4.78 is 0. The van der Waals surface area contributed by atoms with Crippen LogP contribution >= 0.6 is 0 Å². The summed E-state index contributed by atoms with van der Waals surface area (Å²) in [4.78, 5) is 14.7. The number of rotatable bonds is 2. The summed E-state index contributed by atoms with van der Waals surface area (Å²) in [6.45, 7) is 3.46. The van der Waals surface area contributed by atoms with Crippen LogP contribution in [0.5, 0.6) is 0 Å². The summed E-state index contributed by atoms with van der Waals surface area (Å²) in [6.07, 6.45) is 3.63. The van der Waals surface area contributed by atoms with Crippen LogP contribution in [0.25, 0.3) is 11.2 Å². The zero-order chi connectivity index (χ0) is 9.26. The summed E-state index contributed by atoms with van der Waals surface area (Å²) in [5.74, 6) is 0.436. The SMILES string of the molecule is C=CC(O)c1nc2ncncc2[nH]1. The second-order valence-corrected chi connectivity index (χ2v) is 2.56. The van der Waals surface area contributed by atoms with E-state index in [1.54, 1.807) is 6.20 Å². The van der Waals surface area contributed by atoms with Crippen LogP contribution in [0.3, 0.4) is 0 Å². The third kappa shape index (κ3) is 1.29. The Balaban J connectivity index is 2.55. The maximum Gasteiger partial charge on any atom is 0.180 e. The summed E-state index contributed by atoms with van der Waals surface area (Å²) >= 11 is 0. The average Bonchev–Trinajstić information content (AvgIpc) is 2.59. The Kier molecular flexibility index (Phi) is 1.79. The van der Waals surface area contributed by atoms with Crippen molar-refractivity contribution in [3.8, 4) is 0 Å². The highest BCUT2D eigenvalue weighted by Crippen LogP contribution is 2.13. The summed E-state index contributed by atoms with van der Waals surface area (Å²) in [6, 6.07) is 0. The lowest BCUT2D eigenvalue weighted by Crippen LogP contribution is -1.94. The molecular formula is C8H8N4O. The molecule has 66 valence electrons. The van der Waals surface area contributed by atoms with Gasteiger partial charge in [0.05, 0.1) is 6.20 Å². The molecule has 13 heavy (non-hydrogen) atoms. The number of aliphatic hydroxyl groups excluding tert-OH is 1.